The van der Waals surface area contributed by atoms with Crippen molar-refractivity contribution in [1.82, 2.24) is 20.4 Å². The Kier molecular flexibility index (Phi) is 8.48. The van der Waals surface area contributed by atoms with E-state index < -0.39 is 0 Å². The van der Waals surface area contributed by atoms with Crippen molar-refractivity contribution in [3.05, 3.63) is 41.7 Å². The van der Waals surface area contributed by atoms with E-state index in [1.807, 2.05) is 35.9 Å². The summed E-state index contributed by atoms with van der Waals surface area (Å²) in [4.78, 5) is 4.25. The predicted octanol–water partition coefficient (Wildman–Crippen LogP) is 2.53. The molecule has 1 aromatic carbocycles. The third-order valence-electron chi connectivity index (χ3n) is 4.11. The minimum atomic E-state index is 0.647. The van der Waals surface area contributed by atoms with Crippen LogP contribution in [0.1, 0.15) is 24.2 Å². The summed E-state index contributed by atoms with van der Waals surface area (Å²) < 4.78 is 12.9. The lowest BCUT2D eigenvalue weighted by Gasteiger charge is -2.12. The Balaban J connectivity index is 1.56. The third-order valence-corrected chi connectivity index (χ3v) is 4.11. The SMILES string of the molecule is CN=C(NCCCOc1ccc(OC)cc1)NCCCn1nc(C)cc1C. The zero-order valence-electron chi connectivity index (χ0n) is 16.8. The van der Waals surface area contributed by atoms with E-state index >= 15 is 0 Å². The average Bonchev–Trinajstić information content (AvgIpc) is 3.00. The van der Waals surface area contributed by atoms with Gasteiger partial charge in [-0.15, -0.1) is 0 Å². The summed E-state index contributed by atoms with van der Waals surface area (Å²) in [7, 11) is 3.44. The van der Waals surface area contributed by atoms with Gasteiger partial charge in [0.15, 0.2) is 5.96 Å². The van der Waals surface area contributed by atoms with Gasteiger partial charge in [-0.25, -0.2) is 0 Å². The van der Waals surface area contributed by atoms with Gasteiger partial charge in [0.1, 0.15) is 11.5 Å². The van der Waals surface area contributed by atoms with Crippen LogP contribution < -0.4 is 20.1 Å². The van der Waals surface area contributed by atoms with E-state index in [9.17, 15) is 0 Å². The van der Waals surface area contributed by atoms with Gasteiger partial charge in [0.2, 0.25) is 0 Å². The van der Waals surface area contributed by atoms with Gasteiger partial charge in [-0.1, -0.05) is 0 Å². The maximum Gasteiger partial charge on any atom is 0.190 e. The van der Waals surface area contributed by atoms with E-state index in [2.05, 4.69) is 33.7 Å². The van der Waals surface area contributed by atoms with Gasteiger partial charge in [0, 0.05) is 32.4 Å². The van der Waals surface area contributed by atoms with Gasteiger partial charge >= 0.3 is 0 Å². The van der Waals surface area contributed by atoms with Crippen LogP contribution >= 0.6 is 0 Å². The van der Waals surface area contributed by atoms with Crippen molar-refractivity contribution >= 4 is 5.96 Å². The lowest BCUT2D eigenvalue weighted by atomic mass is 10.3. The average molecular weight is 374 g/mol. The Morgan fingerprint density at radius 2 is 1.74 bits per heavy atom. The molecule has 0 fully saturated rings. The molecule has 1 aromatic heterocycles. The van der Waals surface area contributed by atoms with E-state index in [0.29, 0.717) is 6.61 Å². The summed E-state index contributed by atoms with van der Waals surface area (Å²) in [5, 5.41) is 11.1. The molecular formula is C20H31N5O2. The molecule has 0 aliphatic rings. The first kappa shape index (κ1) is 20.6. The molecule has 0 amide bonds. The van der Waals surface area contributed by atoms with Gasteiger partial charge in [0.25, 0.3) is 0 Å². The molecule has 7 heteroatoms. The lowest BCUT2D eigenvalue weighted by molar-refractivity contribution is 0.310. The minimum absolute atomic E-state index is 0.647. The number of nitrogens with zero attached hydrogens (tertiary/aromatic N) is 3. The fraction of sp³-hybridized carbons (Fsp3) is 0.500. The molecule has 0 aliphatic heterocycles. The molecule has 0 saturated carbocycles. The summed E-state index contributed by atoms with van der Waals surface area (Å²) in [6.45, 7) is 7.30. The van der Waals surface area contributed by atoms with E-state index in [0.717, 1.165) is 55.6 Å². The summed E-state index contributed by atoms with van der Waals surface area (Å²) in [6.07, 6.45) is 1.88. The molecular weight excluding hydrogens is 342 g/mol. The number of aliphatic imine (C=N–C) groups is 1. The Labute approximate surface area is 161 Å². The molecule has 1 heterocycles. The number of hydrogen-bond acceptors (Lipinski definition) is 4. The Morgan fingerprint density at radius 3 is 2.33 bits per heavy atom. The molecule has 2 rings (SSSR count). The first-order valence-corrected chi connectivity index (χ1v) is 9.35. The molecule has 0 aliphatic carbocycles. The topological polar surface area (TPSA) is 72.7 Å². The van der Waals surface area contributed by atoms with Crippen molar-refractivity contribution in [2.45, 2.75) is 33.2 Å². The highest BCUT2D eigenvalue weighted by Crippen LogP contribution is 2.16. The number of benzene rings is 1. The molecule has 148 valence electrons. The second-order valence-corrected chi connectivity index (χ2v) is 6.31. The number of hydrogen-bond donors (Lipinski definition) is 2. The summed E-state index contributed by atoms with van der Waals surface area (Å²) in [5.74, 6) is 2.49. The van der Waals surface area contributed by atoms with Crippen molar-refractivity contribution < 1.29 is 9.47 Å². The predicted molar refractivity (Wildman–Crippen MR) is 109 cm³/mol. The van der Waals surface area contributed by atoms with Crippen molar-refractivity contribution in [2.75, 3.05) is 33.9 Å². The molecule has 0 spiro atoms. The number of aromatic nitrogens is 2. The van der Waals surface area contributed by atoms with Crippen molar-refractivity contribution in [2.24, 2.45) is 4.99 Å². The van der Waals surface area contributed by atoms with Crippen molar-refractivity contribution in [3.8, 4) is 11.5 Å². The minimum Gasteiger partial charge on any atom is -0.497 e. The maximum atomic E-state index is 5.72. The highest BCUT2D eigenvalue weighted by molar-refractivity contribution is 5.79. The Hall–Kier alpha value is -2.70. The Morgan fingerprint density at radius 1 is 1.07 bits per heavy atom. The van der Waals surface area contributed by atoms with Crippen LogP contribution in [0.25, 0.3) is 0 Å². The second kappa shape index (κ2) is 11.1. The van der Waals surface area contributed by atoms with E-state index in [1.54, 1.807) is 14.2 Å². The molecule has 2 N–H and O–H groups in total. The van der Waals surface area contributed by atoms with Crippen LogP contribution in [-0.2, 0) is 6.54 Å². The molecule has 0 radical (unpaired) electrons. The zero-order valence-corrected chi connectivity index (χ0v) is 16.8. The maximum absolute atomic E-state index is 5.72. The summed E-state index contributed by atoms with van der Waals surface area (Å²) >= 11 is 0. The number of rotatable bonds is 10. The molecule has 0 bridgehead atoms. The van der Waals surface area contributed by atoms with E-state index in [4.69, 9.17) is 9.47 Å². The quantitative estimate of drug-likeness (QED) is 0.380. The van der Waals surface area contributed by atoms with Crippen LogP contribution in [0, 0.1) is 13.8 Å². The van der Waals surface area contributed by atoms with Crippen LogP contribution in [0.5, 0.6) is 11.5 Å². The highest BCUT2D eigenvalue weighted by atomic mass is 16.5. The number of ether oxygens (including phenoxy) is 2. The van der Waals surface area contributed by atoms with E-state index in [1.165, 1.54) is 5.69 Å². The first-order valence-electron chi connectivity index (χ1n) is 9.35. The summed E-state index contributed by atoms with van der Waals surface area (Å²) in [5.41, 5.74) is 2.27. The largest absolute Gasteiger partial charge is 0.497 e. The highest BCUT2D eigenvalue weighted by Gasteiger charge is 2.01. The monoisotopic (exact) mass is 373 g/mol. The molecule has 0 saturated heterocycles. The lowest BCUT2D eigenvalue weighted by Crippen LogP contribution is -2.38. The first-order chi connectivity index (χ1) is 13.1. The van der Waals surface area contributed by atoms with Crippen molar-refractivity contribution in [1.29, 1.82) is 0 Å². The van der Waals surface area contributed by atoms with Gasteiger partial charge in [0.05, 0.1) is 19.4 Å². The second-order valence-electron chi connectivity index (χ2n) is 6.31. The molecule has 2 aromatic rings. The number of nitrogens with one attached hydrogen (secondary N) is 2. The van der Waals surface area contributed by atoms with Gasteiger partial charge in [-0.2, -0.15) is 5.10 Å². The molecule has 0 unspecified atom stereocenters. The van der Waals surface area contributed by atoms with Crippen LogP contribution in [0.4, 0.5) is 0 Å². The number of guanidine groups is 1. The zero-order chi connectivity index (χ0) is 19.5. The molecule has 7 nitrogen and oxygen atoms in total. The third kappa shape index (κ3) is 7.21. The number of methoxy groups -OCH3 is 1. The fourth-order valence-electron chi connectivity index (χ4n) is 2.70. The smallest absolute Gasteiger partial charge is 0.190 e. The molecule has 27 heavy (non-hydrogen) atoms. The van der Waals surface area contributed by atoms with Crippen molar-refractivity contribution in [3.63, 3.8) is 0 Å². The number of aryl methyl sites for hydroxylation is 3. The van der Waals surface area contributed by atoms with Gasteiger partial charge < -0.3 is 20.1 Å². The van der Waals surface area contributed by atoms with Gasteiger partial charge in [-0.3, -0.25) is 9.67 Å². The Bertz CT molecular complexity index is 710. The normalized spacial score (nSPS) is 11.3. The molecule has 0 atom stereocenters. The fourth-order valence-corrected chi connectivity index (χ4v) is 2.70. The van der Waals surface area contributed by atoms with Crippen LogP contribution in [0.3, 0.4) is 0 Å². The van der Waals surface area contributed by atoms with Crippen LogP contribution in [0.2, 0.25) is 0 Å². The standard InChI is InChI=1S/C20H31N5O2/c1-16-15-17(2)25(24-16)13-5-11-22-20(21-3)23-12-6-14-27-19-9-7-18(26-4)8-10-19/h7-10,15H,5-6,11-14H2,1-4H3,(H2,21,22,23). The van der Waals surface area contributed by atoms with Crippen LogP contribution in [-0.4, -0.2) is 49.6 Å². The van der Waals surface area contributed by atoms with Crippen LogP contribution in [0.15, 0.2) is 35.3 Å². The van der Waals surface area contributed by atoms with Gasteiger partial charge in [-0.05, 0) is 57.0 Å². The van der Waals surface area contributed by atoms with E-state index in [-0.39, 0.29) is 0 Å². The summed E-state index contributed by atoms with van der Waals surface area (Å²) in [6, 6.07) is 9.71.